The molecule has 0 aromatic heterocycles. The van der Waals surface area contributed by atoms with Crippen molar-refractivity contribution in [2.75, 3.05) is 24.7 Å². The van der Waals surface area contributed by atoms with Crippen molar-refractivity contribution in [3.05, 3.63) is 29.8 Å². The molecule has 1 fully saturated rings. The lowest BCUT2D eigenvalue weighted by Gasteiger charge is -2.19. The van der Waals surface area contributed by atoms with E-state index in [1.807, 2.05) is 0 Å². The fraction of sp³-hybridized carbons (Fsp3) is 0.650. The lowest BCUT2D eigenvalue weighted by Crippen LogP contribution is -2.33. The minimum Gasteiger partial charge on any atom is -0.406 e. The molecule has 1 aliphatic carbocycles. The molecule has 200 valence electrons. The average Bonchev–Trinajstić information content (AvgIpc) is 3.18. The summed E-state index contributed by atoms with van der Waals surface area (Å²) in [5.41, 5.74) is 0.495. The van der Waals surface area contributed by atoms with E-state index in [1.54, 1.807) is 0 Å². The number of phosphoric acid groups is 1. The highest BCUT2D eigenvalue weighted by Crippen LogP contribution is 2.38. The highest BCUT2D eigenvalue weighted by molar-refractivity contribution is 7.91. The highest BCUT2D eigenvalue weighted by atomic mass is 32.2. The van der Waals surface area contributed by atoms with Gasteiger partial charge < -0.3 is 24.6 Å². The number of ether oxygens (including phenoxy) is 2. The summed E-state index contributed by atoms with van der Waals surface area (Å²) in [6.07, 6.45) is -2.76. The van der Waals surface area contributed by atoms with Crippen molar-refractivity contribution >= 4 is 23.6 Å². The second-order valence-corrected chi connectivity index (χ2v) is 11.6. The first-order valence-corrected chi connectivity index (χ1v) is 14.2. The summed E-state index contributed by atoms with van der Waals surface area (Å²) < 4.78 is 86.2. The normalized spacial score (nSPS) is 16.3. The van der Waals surface area contributed by atoms with Gasteiger partial charge >= 0.3 is 14.2 Å². The Morgan fingerprint density at radius 2 is 1.80 bits per heavy atom. The molecule has 0 aliphatic heterocycles. The number of benzene rings is 1. The van der Waals surface area contributed by atoms with Crippen LogP contribution in [0.15, 0.2) is 24.3 Å². The number of amides is 1. The fourth-order valence-electron chi connectivity index (χ4n) is 3.72. The van der Waals surface area contributed by atoms with E-state index in [2.05, 4.69) is 14.6 Å². The quantitative estimate of drug-likeness (QED) is 0.299. The number of halogens is 3. The number of sulfone groups is 1. The fourth-order valence-corrected chi connectivity index (χ4v) is 6.38. The molecular weight excluding hydrogens is 518 g/mol. The van der Waals surface area contributed by atoms with Crippen LogP contribution >= 0.6 is 7.82 Å². The molecule has 1 aromatic rings. The maximum Gasteiger partial charge on any atom is 0.573 e. The SMILES string of the molecule is O=C(COCc1ccc(OC(F)(F)F)cc1)NCCC(CS(=O)(=O)CC1CCCC1)OP(=O)(O)O. The van der Waals surface area contributed by atoms with Gasteiger partial charge in [0.25, 0.3) is 0 Å². The van der Waals surface area contributed by atoms with Gasteiger partial charge in [-0.2, -0.15) is 0 Å². The van der Waals surface area contributed by atoms with Gasteiger partial charge in [0, 0.05) is 6.54 Å². The van der Waals surface area contributed by atoms with E-state index in [0.717, 1.165) is 37.8 Å². The summed E-state index contributed by atoms with van der Waals surface area (Å²) in [5.74, 6) is -1.59. The topological polar surface area (TPSA) is 148 Å². The van der Waals surface area contributed by atoms with Crippen LogP contribution in [-0.4, -0.2) is 61.2 Å². The third-order valence-electron chi connectivity index (χ3n) is 5.14. The Hall–Kier alpha value is -1.70. The summed E-state index contributed by atoms with van der Waals surface area (Å²) >= 11 is 0. The first-order valence-electron chi connectivity index (χ1n) is 10.8. The predicted molar refractivity (Wildman–Crippen MR) is 118 cm³/mol. The van der Waals surface area contributed by atoms with Crippen LogP contribution in [0.2, 0.25) is 0 Å². The van der Waals surface area contributed by atoms with Gasteiger partial charge in [-0.05, 0) is 42.9 Å². The number of phosphoric ester groups is 1. The summed E-state index contributed by atoms with van der Waals surface area (Å²) in [6.45, 7) is -0.580. The Balaban J connectivity index is 1.74. The summed E-state index contributed by atoms with van der Waals surface area (Å²) in [4.78, 5) is 30.1. The molecule has 1 atom stereocenters. The summed E-state index contributed by atoms with van der Waals surface area (Å²) in [7, 11) is -8.57. The Morgan fingerprint density at radius 3 is 2.37 bits per heavy atom. The number of carbonyl (C=O) groups excluding carboxylic acids is 1. The van der Waals surface area contributed by atoms with E-state index in [4.69, 9.17) is 14.5 Å². The first-order chi connectivity index (χ1) is 16.2. The molecule has 0 heterocycles. The lowest BCUT2D eigenvalue weighted by molar-refractivity contribution is -0.274. The monoisotopic (exact) mass is 547 g/mol. The van der Waals surface area contributed by atoms with Crippen LogP contribution in [-0.2, 0) is 35.1 Å². The minimum absolute atomic E-state index is 0.0286. The van der Waals surface area contributed by atoms with Gasteiger partial charge in [-0.25, -0.2) is 13.0 Å². The average molecular weight is 547 g/mol. The Kier molecular flexibility index (Phi) is 11.0. The number of hydrogen-bond acceptors (Lipinski definition) is 7. The Morgan fingerprint density at radius 1 is 1.17 bits per heavy atom. The smallest absolute Gasteiger partial charge is 0.406 e. The van der Waals surface area contributed by atoms with Crippen LogP contribution in [0.4, 0.5) is 13.2 Å². The van der Waals surface area contributed by atoms with Crippen molar-refractivity contribution < 1.29 is 54.7 Å². The molecule has 0 radical (unpaired) electrons. The van der Waals surface area contributed by atoms with Crippen molar-refractivity contribution in [2.45, 2.75) is 51.2 Å². The molecule has 0 spiro atoms. The van der Waals surface area contributed by atoms with Crippen LogP contribution in [0.25, 0.3) is 0 Å². The van der Waals surface area contributed by atoms with Crippen LogP contribution < -0.4 is 10.1 Å². The van der Waals surface area contributed by atoms with E-state index in [1.165, 1.54) is 12.1 Å². The molecule has 10 nitrogen and oxygen atoms in total. The lowest BCUT2D eigenvalue weighted by atomic mass is 10.1. The second-order valence-electron chi connectivity index (χ2n) is 8.27. The standard InChI is InChI=1S/C20H29F3NO9PS/c21-20(22,23)32-17-7-5-15(6-8-17)11-31-12-19(25)24-10-9-18(33-34(26,27)28)14-35(29,30)13-16-3-1-2-4-16/h5-8,16,18H,1-4,9-14H2,(H,24,25)(H2,26,27,28). The zero-order valence-electron chi connectivity index (χ0n) is 18.8. The number of nitrogens with one attached hydrogen (secondary N) is 1. The van der Waals surface area contributed by atoms with Gasteiger partial charge in [0.15, 0.2) is 9.84 Å². The van der Waals surface area contributed by atoms with E-state index in [-0.39, 0.29) is 31.2 Å². The summed E-state index contributed by atoms with van der Waals surface area (Å²) in [5, 5.41) is 2.44. The minimum atomic E-state index is -4.95. The number of hydrogen-bond donors (Lipinski definition) is 3. The third-order valence-corrected chi connectivity index (χ3v) is 7.57. The van der Waals surface area contributed by atoms with Gasteiger partial charge in [-0.1, -0.05) is 25.0 Å². The van der Waals surface area contributed by atoms with Crippen LogP contribution in [0, 0.1) is 5.92 Å². The molecule has 1 unspecified atom stereocenters. The number of alkyl halides is 3. The van der Waals surface area contributed by atoms with Gasteiger partial charge in [0.05, 0.1) is 24.2 Å². The first kappa shape index (κ1) is 29.5. The zero-order chi connectivity index (χ0) is 26.1. The van der Waals surface area contributed by atoms with Crippen molar-refractivity contribution in [3.8, 4) is 5.75 Å². The third kappa shape index (κ3) is 13.3. The Bertz CT molecular complexity index is 961. The molecule has 1 aromatic carbocycles. The maximum atomic E-state index is 12.4. The van der Waals surface area contributed by atoms with Crippen LogP contribution in [0.3, 0.4) is 0 Å². The molecule has 35 heavy (non-hydrogen) atoms. The largest absolute Gasteiger partial charge is 0.573 e. The molecular formula is C20H29F3NO9PS. The molecule has 0 saturated heterocycles. The molecule has 1 aliphatic rings. The van der Waals surface area contributed by atoms with Crippen molar-refractivity contribution in [2.24, 2.45) is 5.92 Å². The molecule has 3 N–H and O–H groups in total. The van der Waals surface area contributed by atoms with E-state index >= 15 is 0 Å². The second kappa shape index (κ2) is 13.0. The van der Waals surface area contributed by atoms with Crippen molar-refractivity contribution in [1.29, 1.82) is 0 Å². The van der Waals surface area contributed by atoms with Crippen molar-refractivity contribution in [1.82, 2.24) is 5.32 Å². The van der Waals surface area contributed by atoms with Crippen LogP contribution in [0.5, 0.6) is 5.75 Å². The van der Waals surface area contributed by atoms with E-state index in [9.17, 15) is 30.9 Å². The zero-order valence-corrected chi connectivity index (χ0v) is 20.5. The number of rotatable bonds is 14. The van der Waals surface area contributed by atoms with E-state index in [0.29, 0.717) is 5.56 Å². The van der Waals surface area contributed by atoms with Crippen molar-refractivity contribution in [3.63, 3.8) is 0 Å². The number of carbonyl (C=O) groups is 1. The molecule has 0 bridgehead atoms. The molecule has 1 amide bonds. The predicted octanol–water partition coefficient (Wildman–Crippen LogP) is 2.69. The van der Waals surface area contributed by atoms with Gasteiger partial charge in [0.1, 0.15) is 12.4 Å². The van der Waals surface area contributed by atoms with Crippen LogP contribution in [0.1, 0.15) is 37.7 Å². The van der Waals surface area contributed by atoms with Gasteiger partial charge in [-0.3, -0.25) is 9.32 Å². The van der Waals surface area contributed by atoms with Gasteiger partial charge in [-0.15, -0.1) is 13.2 Å². The maximum absolute atomic E-state index is 12.4. The molecule has 15 heteroatoms. The summed E-state index contributed by atoms with van der Waals surface area (Å²) in [6, 6.07) is 4.90. The Labute approximate surface area is 201 Å². The van der Waals surface area contributed by atoms with Gasteiger partial charge in [0.2, 0.25) is 5.91 Å². The molecule has 2 rings (SSSR count). The van der Waals surface area contributed by atoms with E-state index < -0.39 is 54.1 Å². The molecule has 1 saturated carbocycles. The highest BCUT2D eigenvalue weighted by Gasteiger charge is 2.31.